The number of carbonyl (C=O) groups excluding carboxylic acids is 1. The van der Waals surface area contributed by atoms with E-state index in [1.165, 1.54) is 0 Å². The van der Waals surface area contributed by atoms with Crippen LogP contribution in [0, 0.1) is 5.41 Å². The molecule has 0 radical (unpaired) electrons. The summed E-state index contributed by atoms with van der Waals surface area (Å²) in [6, 6.07) is 0. The lowest BCUT2D eigenvalue weighted by atomic mass is 9.71. The third kappa shape index (κ3) is 4.94. The molecule has 0 bridgehead atoms. The molecule has 0 aromatic rings. The number of rotatable bonds is 6. The summed E-state index contributed by atoms with van der Waals surface area (Å²) >= 11 is 0. The minimum Gasteiger partial charge on any atom is -0.395 e. The van der Waals surface area contributed by atoms with E-state index in [9.17, 15) is 15.0 Å². The van der Waals surface area contributed by atoms with Gasteiger partial charge in [-0.15, -0.1) is 0 Å². The predicted octanol–water partition coefficient (Wildman–Crippen LogP) is 3.33. The summed E-state index contributed by atoms with van der Waals surface area (Å²) in [6.45, 7) is 7.71. The van der Waals surface area contributed by atoms with E-state index >= 15 is 0 Å². The van der Waals surface area contributed by atoms with Crippen molar-refractivity contribution in [1.29, 1.82) is 0 Å². The van der Waals surface area contributed by atoms with Gasteiger partial charge in [0.15, 0.2) is 5.78 Å². The molecular weight excluding hydrogens is 264 g/mol. The second-order valence-corrected chi connectivity index (χ2v) is 6.39. The first kappa shape index (κ1) is 17.9. The molecule has 0 saturated heterocycles. The van der Waals surface area contributed by atoms with Gasteiger partial charge >= 0.3 is 0 Å². The fourth-order valence-electron chi connectivity index (χ4n) is 2.64. The van der Waals surface area contributed by atoms with E-state index in [-0.39, 0.29) is 23.9 Å². The van der Waals surface area contributed by atoms with Gasteiger partial charge < -0.3 is 10.2 Å². The quantitative estimate of drug-likeness (QED) is 0.738. The predicted molar refractivity (Wildman–Crippen MR) is 85.9 cm³/mol. The van der Waals surface area contributed by atoms with E-state index in [0.717, 1.165) is 29.6 Å². The Balaban J connectivity index is 2.89. The van der Waals surface area contributed by atoms with Crippen LogP contribution in [-0.2, 0) is 4.79 Å². The minimum absolute atomic E-state index is 0.0576. The molecule has 3 nitrogen and oxygen atoms in total. The summed E-state index contributed by atoms with van der Waals surface area (Å²) in [5.41, 5.74) is 2.50. The number of ketones is 1. The van der Waals surface area contributed by atoms with Crippen molar-refractivity contribution in [1.82, 2.24) is 0 Å². The second-order valence-electron chi connectivity index (χ2n) is 6.39. The number of hydrogen-bond acceptors (Lipinski definition) is 3. The third-order valence-electron chi connectivity index (χ3n) is 4.29. The lowest BCUT2D eigenvalue weighted by Gasteiger charge is -2.34. The number of carbonyl (C=O) groups is 1. The highest BCUT2D eigenvalue weighted by Crippen LogP contribution is 2.39. The zero-order valence-electron chi connectivity index (χ0n) is 13.6. The summed E-state index contributed by atoms with van der Waals surface area (Å²) in [4.78, 5) is 11.9. The first-order valence-corrected chi connectivity index (χ1v) is 7.68. The van der Waals surface area contributed by atoms with Gasteiger partial charge in [0.05, 0.1) is 12.7 Å². The molecule has 118 valence electrons. The van der Waals surface area contributed by atoms with E-state index in [4.69, 9.17) is 0 Å². The van der Waals surface area contributed by atoms with Crippen molar-refractivity contribution in [3.05, 3.63) is 34.9 Å². The Kier molecular flexibility index (Phi) is 6.56. The van der Waals surface area contributed by atoms with Crippen molar-refractivity contribution in [3.63, 3.8) is 0 Å². The lowest BCUT2D eigenvalue weighted by Crippen LogP contribution is -2.30. The van der Waals surface area contributed by atoms with Crippen LogP contribution < -0.4 is 0 Å². The van der Waals surface area contributed by atoms with E-state index in [1.54, 1.807) is 6.92 Å². The molecular formula is C18H28O3. The molecule has 2 atom stereocenters. The summed E-state index contributed by atoms with van der Waals surface area (Å²) in [5, 5.41) is 18.9. The molecule has 0 spiro atoms. The number of aliphatic hydroxyl groups is 2. The first-order chi connectivity index (χ1) is 9.80. The Morgan fingerprint density at radius 2 is 2.14 bits per heavy atom. The van der Waals surface area contributed by atoms with Crippen molar-refractivity contribution < 1.29 is 15.0 Å². The Bertz CT molecular complexity index is 469. The molecule has 0 aromatic heterocycles. The van der Waals surface area contributed by atoms with Crippen molar-refractivity contribution in [2.24, 2.45) is 5.41 Å². The van der Waals surface area contributed by atoms with Crippen LogP contribution in [-0.4, -0.2) is 28.7 Å². The van der Waals surface area contributed by atoms with Crippen LogP contribution in [0.3, 0.4) is 0 Å². The maximum absolute atomic E-state index is 11.9. The van der Waals surface area contributed by atoms with Gasteiger partial charge in [0.2, 0.25) is 0 Å². The van der Waals surface area contributed by atoms with E-state index in [0.29, 0.717) is 12.8 Å². The number of allylic oxidation sites excluding steroid dienone is 5. The van der Waals surface area contributed by atoms with Gasteiger partial charge in [-0.2, -0.15) is 0 Å². The Labute approximate surface area is 128 Å². The topological polar surface area (TPSA) is 57.5 Å². The lowest BCUT2D eigenvalue weighted by molar-refractivity contribution is -0.116. The molecule has 0 amide bonds. The highest BCUT2D eigenvalue weighted by atomic mass is 16.3. The number of Topliss-reactive ketones (excluding diaryl/α,β-unsaturated/α-hetero) is 1. The van der Waals surface area contributed by atoms with Crippen LogP contribution in [0.4, 0.5) is 0 Å². The van der Waals surface area contributed by atoms with Crippen molar-refractivity contribution in [3.8, 4) is 0 Å². The Morgan fingerprint density at radius 3 is 2.71 bits per heavy atom. The number of aliphatic hydroxyl groups excluding tert-OH is 2. The average molecular weight is 292 g/mol. The summed E-state index contributed by atoms with van der Waals surface area (Å²) in [5.74, 6) is 0.177. The minimum atomic E-state index is -0.325. The molecule has 0 aliphatic heterocycles. The molecule has 0 fully saturated rings. The normalized spacial score (nSPS) is 25.8. The van der Waals surface area contributed by atoms with Crippen LogP contribution in [0.2, 0.25) is 0 Å². The zero-order valence-corrected chi connectivity index (χ0v) is 13.6. The zero-order chi connectivity index (χ0) is 16.0. The third-order valence-corrected chi connectivity index (χ3v) is 4.29. The highest BCUT2D eigenvalue weighted by molar-refractivity contribution is 5.97. The standard InChI is InChI=1S/C18H28O3/c1-13(6-5-7-14(2)20)8-9-16-15(3)17(21)10-11-18(16,4)12-19/h6,8-9,14,19-20H,5,7,10-12H2,1-4H3/b9-8+,13-6+/t14?,18-/m1/s1. The van der Waals surface area contributed by atoms with Gasteiger partial charge in [-0.05, 0) is 51.2 Å². The second kappa shape index (κ2) is 7.71. The van der Waals surface area contributed by atoms with Crippen molar-refractivity contribution in [2.75, 3.05) is 6.61 Å². The first-order valence-electron chi connectivity index (χ1n) is 7.68. The van der Waals surface area contributed by atoms with Crippen molar-refractivity contribution in [2.45, 2.75) is 59.5 Å². The molecule has 3 heteroatoms. The molecule has 0 saturated carbocycles. The fraction of sp³-hybridized carbons (Fsp3) is 0.611. The molecule has 0 aromatic carbocycles. The molecule has 21 heavy (non-hydrogen) atoms. The molecule has 2 N–H and O–H groups in total. The molecule has 1 aliphatic rings. The van der Waals surface area contributed by atoms with Gasteiger partial charge in [-0.1, -0.05) is 30.7 Å². The maximum atomic E-state index is 11.9. The van der Waals surface area contributed by atoms with Crippen LogP contribution in [0.5, 0.6) is 0 Å². The van der Waals surface area contributed by atoms with Crippen LogP contribution >= 0.6 is 0 Å². The molecule has 0 heterocycles. The largest absolute Gasteiger partial charge is 0.395 e. The van der Waals surface area contributed by atoms with E-state index < -0.39 is 0 Å². The average Bonchev–Trinajstić information content (AvgIpc) is 2.43. The smallest absolute Gasteiger partial charge is 0.158 e. The Morgan fingerprint density at radius 1 is 1.48 bits per heavy atom. The summed E-state index contributed by atoms with van der Waals surface area (Å²) in [7, 11) is 0. The van der Waals surface area contributed by atoms with Gasteiger partial charge in [0.1, 0.15) is 0 Å². The van der Waals surface area contributed by atoms with E-state index in [1.807, 2.05) is 32.9 Å². The Hall–Kier alpha value is -1.19. The fourth-order valence-corrected chi connectivity index (χ4v) is 2.64. The van der Waals surface area contributed by atoms with E-state index in [2.05, 4.69) is 6.08 Å². The van der Waals surface area contributed by atoms with Crippen molar-refractivity contribution >= 4 is 5.78 Å². The molecule has 1 rings (SSSR count). The van der Waals surface area contributed by atoms with Gasteiger partial charge in [0, 0.05) is 11.8 Å². The monoisotopic (exact) mass is 292 g/mol. The van der Waals surface area contributed by atoms with Crippen LogP contribution in [0.25, 0.3) is 0 Å². The highest BCUT2D eigenvalue weighted by Gasteiger charge is 2.34. The summed E-state index contributed by atoms with van der Waals surface area (Å²) in [6.07, 6.45) is 8.57. The maximum Gasteiger partial charge on any atom is 0.158 e. The van der Waals surface area contributed by atoms with Crippen LogP contribution in [0.15, 0.2) is 34.9 Å². The van der Waals surface area contributed by atoms with Gasteiger partial charge in [-0.25, -0.2) is 0 Å². The summed E-state index contributed by atoms with van der Waals surface area (Å²) < 4.78 is 0. The number of hydrogen-bond donors (Lipinski definition) is 2. The SMILES string of the molecule is CC1=C(/C=C/C(C)=C/CCC(C)O)[C@@](C)(CO)CCC1=O. The molecule has 1 aliphatic carbocycles. The van der Waals surface area contributed by atoms with Gasteiger partial charge in [-0.3, -0.25) is 4.79 Å². The van der Waals surface area contributed by atoms with Crippen LogP contribution in [0.1, 0.15) is 53.4 Å². The molecule has 1 unspecified atom stereocenters. The van der Waals surface area contributed by atoms with Gasteiger partial charge in [0.25, 0.3) is 0 Å².